The minimum absolute atomic E-state index is 0.247. The molecule has 4 nitrogen and oxygen atoms in total. The molecule has 0 unspecified atom stereocenters. The van der Waals surface area contributed by atoms with Crippen molar-refractivity contribution in [1.29, 1.82) is 0 Å². The van der Waals surface area contributed by atoms with Gasteiger partial charge in [0.25, 0.3) is 0 Å². The lowest BCUT2D eigenvalue weighted by Gasteiger charge is -2.02. The van der Waals surface area contributed by atoms with Crippen molar-refractivity contribution in [3.8, 4) is 0 Å². The highest BCUT2D eigenvalue weighted by Gasteiger charge is 2.00. The lowest BCUT2D eigenvalue weighted by molar-refractivity contribution is -0.143. The molecule has 0 fully saturated rings. The first kappa shape index (κ1) is 10.7. The van der Waals surface area contributed by atoms with Gasteiger partial charge in [-0.1, -0.05) is 6.07 Å². The van der Waals surface area contributed by atoms with E-state index in [2.05, 4.69) is 4.98 Å². The standard InChI is InChI=1S/C10H14N2O2/c11-6-4-10(13)14-8-5-9-3-1-2-7-12-9/h1-3,7H,4-6,8,11H2. The average molecular weight is 194 g/mol. The summed E-state index contributed by atoms with van der Waals surface area (Å²) in [6.45, 7) is 0.707. The van der Waals surface area contributed by atoms with Crippen LogP contribution in [0.4, 0.5) is 0 Å². The molecule has 0 radical (unpaired) electrons. The maximum atomic E-state index is 10.9. The highest BCUT2D eigenvalue weighted by Crippen LogP contribution is 1.95. The zero-order valence-electron chi connectivity index (χ0n) is 7.98. The molecule has 0 bridgehead atoms. The van der Waals surface area contributed by atoms with E-state index in [0.29, 0.717) is 19.6 Å². The van der Waals surface area contributed by atoms with Crippen LogP contribution in [0, 0.1) is 0 Å². The van der Waals surface area contributed by atoms with E-state index in [0.717, 1.165) is 5.69 Å². The lowest BCUT2D eigenvalue weighted by atomic mass is 10.3. The Bertz CT molecular complexity index is 275. The molecule has 1 rings (SSSR count). The molecule has 0 spiro atoms. The second-order valence-electron chi connectivity index (χ2n) is 2.83. The fourth-order valence-corrected chi connectivity index (χ4v) is 1.01. The van der Waals surface area contributed by atoms with Gasteiger partial charge in [-0.25, -0.2) is 0 Å². The van der Waals surface area contributed by atoms with Gasteiger partial charge in [0.05, 0.1) is 13.0 Å². The quantitative estimate of drug-likeness (QED) is 0.694. The first-order valence-electron chi connectivity index (χ1n) is 4.58. The average Bonchev–Trinajstić information content (AvgIpc) is 2.20. The normalized spacial score (nSPS) is 9.79. The van der Waals surface area contributed by atoms with Gasteiger partial charge in [-0.15, -0.1) is 0 Å². The van der Waals surface area contributed by atoms with E-state index in [4.69, 9.17) is 10.5 Å². The molecular formula is C10H14N2O2. The van der Waals surface area contributed by atoms with Crippen molar-refractivity contribution in [3.05, 3.63) is 30.1 Å². The summed E-state index contributed by atoms with van der Waals surface area (Å²) in [4.78, 5) is 15.0. The molecule has 0 atom stereocenters. The van der Waals surface area contributed by atoms with Gasteiger partial charge in [0, 0.05) is 24.9 Å². The summed E-state index contributed by atoms with van der Waals surface area (Å²) in [7, 11) is 0. The van der Waals surface area contributed by atoms with Crippen molar-refractivity contribution < 1.29 is 9.53 Å². The topological polar surface area (TPSA) is 65.2 Å². The Morgan fingerprint density at radius 3 is 3.00 bits per heavy atom. The summed E-state index contributed by atoms with van der Waals surface area (Å²) >= 11 is 0. The van der Waals surface area contributed by atoms with E-state index in [1.54, 1.807) is 6.20 Å². The van der Waals surface area contributed by atoms with Gasteiger partial charge in [-0.3, -0.25) is 9.78 Å². The molecule has 0 aliphatic carbocycles. The van der Waals surface area contributed by atoms with Crippen LogP contribution in [-0.4, -0.2) is 24.1 Å². The zero-order valence-corrected chi connectivity index (χ0v) is 7.98. The molecule has 0 aliphatic rings. The fraction of sp³-hybridized carbons (Fsp3) is 0.400. The van der Waals surface area contributed by atoms with Crippen LogP contribution in [0.15, 0.2) is 24.4 Å². The van der Waals surface area contributed by atoms with E-state index in [1.165, 1.54) is 0 Å². The number of pyridine rings is 1. The smallest absolute Gasteiger partial charge is 0.307 e. The molecule has 2 N–H and O–H groups in total. The molecule has 14 heavy (non-hydrogen) atoms. The van der Waals surface area contributed by atoms with Crippen LogP contribution in [0.25, 0.3) is 0 Å². The Hall–Kier alpha value is -1.42. The van der Waals surface area contributed by atoms with Crippen LogP contribution in [0.5, 0.6) is 0 Å². The van der Waals surface area contributed by atoms with Crippen LogP contribution < -0.4 is 5.73 Å². The first-order valence-corrected chi connectivity index (χ1v) is 4.58. The number of rotatable bonds is 5. The van der Waals surface area contributed by atoms with Gasteiger partial charge in [0.2, 0.25) is 0 Å². The Balaban J connectivity index is 2.19. The largest absolute Gasteiger partial charge is 0.465 e. The van der Waals surface area contributed by atoms with Crippen LogP contribution in [0.3, 0.4) is 0 Å². The van der Waals surface area contributed by atoms with Crippen LogP contribution in [0.2, 0.25) is 0 Å². The zero-order chi connectivity index (χ0) is 10.2. The fourth-order valence-electron chi connectivity index (χ4n) is 1.01. The number of aromatic nitrogens is 1. The van der Waals surface area contributed by atoms with Gasteiger partial charge in [0.1, 0.15) is 0 Å². The third-order valence-corrected chi connectivity index (χ3v) is 1.70. The molecule has 0 amide bonds. The number of nitrogens with two attached hydrogens (primary N) is 1. The van der Waals surface area contributed by atoms with E-state index in [1.807, 2.05) is 18.2 Å². The minimum atomic E-state index is -0.247. The second-order valence-corrected chi connectivity index (χ2v) is 2.83. The Morgan fingerprint density at radius 2 is 2.36 bits per heavy atom. The van der Waals surface area contributed by atoms with E-state index in [-0.39, 0.29) is 12.4 Å². The van der Waals surface area contributed by atoms with Crippen LogP contribution >= 0.6 is 0 Å². The Labute approximate surface area is 83.1 Å². The molecule has 76 valence electrons. The van der Waals surface area contributed by atoms with Crippen molar-refractivity contribution in [3.63, 3.8) is 0 Å². The van der Waals surface area contributed by atoms with Crippen molar-refractivity contribution in [2.24, 2.45) is 5.73 Å². The predicted octanol–water partition coefficient (Wildman–Crippen LogP) is 0.516. The second kappa shape index (κ2) is 6.10. The summed E-state index contributed by atoms with van der Waals surface area (Å²) in [6, 6.07) is 5.66. The van der Waals surface area contributed by atoms with Gasteiger partial charge >= 0.3 is 5.97 Å². The van der Waals surface area contributed by atoms with Crippen LogP contribution in [-0.2, 0) is 16.0 Å². The maximum absolute atomic E-state index is 10.9. The lowest BCUT2D eigenvalue weighted by Crippen LogP contribution is -2.12. The number of carbonyl (C=O) groups excluding carboxylic acids is 1. The molecule has 0 saturated carbocycles. The van der Waals surface area contributed by atoms with Gasteiger partial charge in [-0.2, -0.15) is 0 Å². The van der Waals surface area contributed by atoms with E-state index >= 15 is 0 Å². The van der Waals surface area contributed by atoms with Gasteiger partial charge in [-0.05, 0) is 12.1 Å². The number of hydrogen-bond acceptors (Lipinski definition) is 4. The molecule has 0 aliphatic heterocycles. The van der Waals surface area contributed by atoms with Crippen LogP contribution in [0.1, 0.15) is 12.1 Å². The van der Waals surface area contributed by atoms with Crippen molar-refractivity contribution >= 4 is 5.97 Å². The third-order valence-electron chi connectivity index (χ3n) is 1.70. The Kier molecular flexibility index (Phi) is 4.64. The summed E-state index contributed by atoms with van der Waals surface area (Å²) in [6.07, 6.45) is 2.65. The number of ether oxygens (including phenoxy) is 1. The van der Waals surface area contributed by atoms with Gasteiger partial charge in [0.15, 0.2) is 0 Å². The molecule has 4 heteroatoms. The van der Waals surface area contributed by atoms with Crippen molar-refractivity contribution in [1.82, 2.24) is 4.98 Å². The SMILES string of the molecule is NCCC(=O)OCCc1ccccn1. The molecule has 1 aromatic rings. The van der Waals surface area contributed by atoms with E-state index < -0.39 is 0 Å². The third kappa shape index (κ3) is 4.00. The van der Waals surface area contributed by atoms with Crippen molar-refractivity contribution in [2.75, 3.05) is 13.2 Å². The number of hydrogen-bond donors (Lipinski definition) is 1. The Morgan fingerprint density at radius 1 is 1.50 bits per heavy atom. The van der Waals surface area contributed by atoms with Gasteiger partial charge < -0.3 is 10.5 Å². The number of nitrogens with zero attached hydrogens (tertiary/aromatic N) is 1. The van der Waals surface area contributed by atoms with E-state index in [9.17, 15) is 4.79 Å². The highest BCUT2D eigenvalue weighted by atomic mass is 16.5. The summed E-state index contributed by atoms with van der Waals surface area (Å²) in [5, 5.41) is 0. The number of carbonyl (C=O) groups is 1. The number of esters is 1. The highest BCUT2D eigenvalue weighted by molar-refractivity contribution is 5.69. The molecule has 0 saturated heterocycles. The maximum Gasteiger partial charge on any atom is 0.307 e. The summed E-state index contributed by atoms with van der Waals surface area (Å²) in [5.41, 5.74) is 6.12. The molecule has 1 heterocycles. The monoisotopic (exact) mass is 194 g/mol. The first-order chi connectivity index (χ1) is 6.83. The molecule has 1 aromatic heterocycles. The summed E-state index contributed by atoms with van der Waals surface area (Å²) < 4.78 is 4.93. The summed E-state index contributed by atoms with van der Waals surface area (Å²) in [5.74, 6) is -0.247. The minimum Gasteiger partial charge on any atom is -0.465 e. The molecule has 0 aromatic carbocycles. The van der Waals surface area contributed by atoms with Crippen molar-refractivity contribution in [2.45, 2.75) is 12.8 Å². The molecular weight excluding hydrogens is 180 g/mol. The predicted molar refractivity (Wildman–Crippen MR) is 52.6 cm³/mol.